The zero-order valence-electron chi connectivity index (χ0n) is 20.0. The lowest BCUT2D eigenvalue weighted by molar-refractivity contribution is -0.192. The van der Waals surface area contributed by atoms with Gasteiger partial charge < -0.3 is 21.3 Å². The van der Waals surface area contributed by atoms with Crippen LogP contribution in [0.1, 0.15) is 20.8 Å². The first-order chi connectivity index (χ1) is 17.5. The van der Waals surface area contributed by atoms with Crippen LogP contribution < -0.4 is 16.2 Å². The molecular formula is C23H22F3N3O6S3. The fraction of sp³-hybridized carbons (Fsp3) is 0.174. The van der Waals surface area contributed by atoms with Gasteiger partial charge in [0.25, 0.3) is 0 Å². The fourth-order valence-electron chi connectivity index (χ4n) is 3.22. The van der Waals surface area contributed by atoms with Gasteiger partial charge in [-0.05, 0) is 60.2 Å². The molecule has 0 saturated carbocycles. The molecule has 15 heteroatoms. The second-order valence-corrected chi connectivity index (χ2v) is 11.5. The number of thioether (sulfide) groups is 1. The molecule has 0 fully saturated rings. The number of rotatable bonds is 7. The number of hydrogen-bond donors (Lipinski definition) is 4. The number of halogens is 3. The third-order valence-corrected chi connectivity index (χ3v) is 9.23. The Bertz CT molecular complexity index is 1500. The molecule has 0 atom stereocenters. The van der Waals surface area contributed by atoms with Crippen molar-refractivity contribution in [2.24, 2.45) is 11.5 Å². The molecule has 38 heavy (non-hydrogen) atoms. The van der Waals surface area contributed by atoms with E-state index in [9.17, 15) is 26.4 Å². The Balaban J connectivity index is 0.000000638. The maximum atomic E-state index is 13.4. The number of aryl methyl sites for hydroxylation is 1. The molecule has 0 bridgehead atoms. The Morgan fingerprint density at radius 1 is 1.13 bits per heavy atom. The van der Waals surface area contributed by atoms with E-state index in [1.165, 1.54) is 43.1 Å². The van der Waals surface area contributed by atoms with E-state index in [4.69, 9.17) is 31.5 Å². The maximum Gasteiger partial charge on any atom is 0.490 e. The molecule has 1 aromatic heterocycles. The van der Waals surface area contributed by atoms with Gasteiger partial charge in [0, 0.05) is 0 Å². The molecule has 204 valence electrons. The molecule has 6 N–H and O–H groups in total. The minimum absolute atomic E-state index is 0.0684. The average molecular weight is 590 g/mol. The minimum atomic E-state index is -5.08. The zero-order valence-corrected chi connectivity index (χ0v) is 22.5. The van der Waals surface area contributed by atoms with Crippen molar-refractivity contribution in [1.29, 1.82) is 5.41 Å². The summed E-state index contributed by atoms with van der Waals surface area (Å²) in [6, 6.07) is 11.1. The number of hydrogen-bond acceptors (Lipinski definition) is 8. The highest BCUT2D eigenvalue weighted by Gasteiger charge is 2.38. The SMILES string of the molecule is COc1cc(C)c(-c2cccc(S(=O)(=O)c3cc(C(=N)N)sc3SC)c2)c(C(N)=O)c1.O=C(O)C(F)(F)F. The molecule has 0 aliphatic rings. The Morgan fingerprint density at radius 3 is 2.21 bits per heavy atom. The number of amides is 1. The van der Waals surface area contributed by atoms with Crippen molar-refractivity contribution in [3.8, 4) is 16.9 Å². The number of carboxylic acid groups (broad SMARTS) is 1. The fourth-order valence-corrected chi connectivity index (χ4v) is 7.12. The quantitative estimate of drug-likeness (QED) is 0.179. The second-order valence-electron chi connectivity index (χ2n) is 7.45. The highest BCUT2D eigenvalue weighted by Crippen LogP contribution is 2.38. The van der Waals surface area contributed by atoms with E-state index in [1.54, 1.807) is 31.4 Å². The molecule has 0 unspecified atom stereocenters. The summed E-state index contributed by atoms with van der Waals surface area (Å²) < 4.78 is 64.3. The first kappa shape index (κ1) is 30.7. The van der Waals surface area contributed by atoms with Crippen LogP contribution in [0.4, 0.5) is 13.2 Å². The molecule has 1 heterocycles. The van der Waals surface area contributed by atoms with Crippen LogP contribution in [0, 0.1) is 12.3 Å². The van der Waals surface area contributed by atoms with Gasteiger partial charge in [-0.1, -0.05) is 12.1 Å². The predicted octanol–water partition coefficient (Wildman–Crippen LogP) is 4.30. The Kier molecular flexibility index (Phi) is 9.58. The highest BCUT2D eigenvalue weighted by molar-refractivity contribution is 8.01. The summed E-state index contributed by atoms with van der Waals surface area (Å²) in [4.78, 5) is 21.5. The number of ether oxygens (including phenoxy) is 1. The number of benzene rings is 2. The van der Waals surface area contributed by atoms with Crippen LogP contribution in [0.15, 0.2) is 56.5 Å². The number of nitrogen functional groups attached to an aromatic ring is 1. The van der Waals surface area contributed by atoms with Gasteiger partial charge in [0.2, 0.25) is 15.7 Å². The first-order valence-corrected chi connectivity index (χ1v) is 13.7. The summed E-state index contributed by atoms with van der Waals surface area (Å²) in [5, 5.41) is 14.8. The maximum absolute atomic E-state index is 13.4. The number of nitrogens with two attached hydrogens (primary N) is 2. The lowest BCUT2D eigenvalue weighted by Gasteiger charge is -2.14. The number of methoxy groups -OCH3 is 1. The van der Waals surface area contributed by atoms with Crippen molar-refractivity contribution >= 4 is 50.6 Å². The number of alkyl halides is 3. The van der Waals surface area contributed by atoms with Gasteiger partial charge in [0.1, 0.15) is 11.6 Å². The van der Waals surface area contributed by atoms with Crippen LogP contribution in [0.5, 0.6) is 5.75 Å². The van der Waals surface area contributed by atoms with Crippen molar-refractivity contribution in [2.45, 2.75) is 27.1 Å². The summed E-state index contributed by atoms with van der Waals surface area (Å²) >= 11 is 2.44. The van der Waals surface area contributed by atoms with Gasteiger partial charge in [-0.3, -0.25) is 10.2 Å². The molecule has 3 aromatic rings. The van der Waals surface area contributed by atoms with Crippen molar-refractivity contribution in [3.05, 3.63) is 58.5 Å². The number of aliphatic carboxylic acids is 1. The van der Waals surface area contributed by atoms with E-state index >= 15 is 0 Å². The van der Waals surface area contributed by atoms with Crippen LogP contribution in [0.2, 0.25) is 0 Å². The minimum Gasteiger partial charge on any atom is -0.497 e. The summed E-state index contributed by atoms with van der Waals surface area (Å²) in [6.07, 6.45) is -3.31. The van der Waals surface area contributed by atoms with Gasteiger partial charge in [-0.25, -0.2) is 13.2 Å². The number of nitrogens with one attached hydrogen (secondary N) is 1. The van der Waals surface area contributed by atoms with Gasteiger partial charge in [0.05, 0.1) is 31.6 Å². The van der Waals surface area contributed by atoms with Gasteiger partial charge in [-0.2, -0.15) is 13.2 Å². The molecular weight excluding hydrogens is 567 g/mol. The lowest BCUT2D eigenvalue weighted by Crippen LogP contribution is -2.21. The first-order valence-electron chi connectivity index (χ1n) is 10.2. The largest absolute Gasteiger partial charge is 0.497 e. The Hall–Kier alpha value is -3.56. The second kappa shape index (κ2) is 11.9. The van der Waals surface area contributed by atoms with E-state index in [0.717, 1.165) is 16.9 Å². The summed E-state index contributed by atoms with van der Waals surface area (Å²) in [5.74, 6) is -3.10. The smallest absolute Gasteiger partial charge is 0.490 e. The molecule has 2 aromatic carbocycles. The van der Waals surface area contributed by atoms with Crippen LogP contribution in [-0.4, -0.2) is 50.8 Å². The molecule has 3 rings (SSSR count). The number of thiophene rings is 1. The molecule has 0 spiro atoms. The van der Waals surface area contributed by atoms with E-state index in [-0.39, 0.29) is 21.2 Å². The molecule has 0 aliphatic carbocycles. The van der Waals surface area contributed by atoms with Crippen LogP contribution in [0.25, 0.3) is 11.1 Å². The highest BCUT2D eigenvalue weighted by atomic mass is 32.2. The molecule has 1 amide bonds. The average Bonchev–Trinajstić information content (AvgIpc) is 3.29. The van der Waals surface area contributed by atoms with E-state index < -0.39 is 27.9 Å². The predicted molar refractivity (Wildman–Crippen MR) is 138 cm³/mol. The summed E-state index contributed by atoms with van der Waals surface area (Å²) in [5.41, 5.74) is 13.2. The van der Waals surface area contributed by atoms with E-state index in [2.05, 4.69) is 0 Å². The number of sulfone groups is 1. The van der Waals surface area contributed by atoms with E-state index in [0.29, 0.717) is 26.0 Å². The number of carboxylic acids is 1. The summed E-state index contributed by atoms with van der Waals surface area (Å²) in [6.45, 7) is 1.80. The monoisotopic (exact) mass is 589 g/mol. The van der Waals surface area contributed by atoms with Crippen LogP contribution in [0.3, 0.4) is 0 Å². The third-order valence-electron chi connectivity index (χ3n) is 4.89. The van der Waals surface area contributed by atoms with E-state index in [1.807, 2.05) is 0 Å². The molecule has 9 nitrogen and oxygen atoms in total. The molecule has 0 aliphatic heterocycles. The van der Waals surface area contributed by atoms with Crippen molar-refractivity contribution in [3.63, 3.8) is 0 Å². The van der Waals surface area contributed by atoms with Gasteiger partial charge in [0.15, 0.2) is 0 Å². The topological polar surface area (TPSA) is 174 Å². The number of carbonyl (C=O) groups excluding carboxylic acids is 1. The molecule has 0 radical (unpaired) electrons. The standard InChI is InChI=1S/C21H21N3O4S3.C2HF3O2/c1-11-7-13(28-2)9-15(20(24)25)18(11)12-5-4-6-14(8-12)31(26,27)17-10-16(19(22)23)30-21(17)29-3;3-2(4,5)1(6)7/h4-10H,1-3H3,(H3,22,23)(H2,24,25);(H,6,7). The number of primary amides is 1. The number of carbonyl (C=O) groups is 2. The third kappa shape index (κ3) is 6.85. The Morgan fingerprint density at radius 2 is 1.74 bits per heavy atom. The normalized spacial score (nSPS) is 11.3. The van der Waals surface area contributed by atoms with Crippen molar-refractivity contribution in [1.82, 2.24) is 0 Å². The summed E-state index contributed by atoms with van der Waals surface area (Å²) in [7, 11) is -2.40. The zero-order chi connectivity index (χ0) is 29.0. The lowest BCUT2D eigenvalue weighted by atomic mass is 9.94. The van der Waals surface area contributed by atoms with Gasteiger partial charge >= 0.3 is 12.1 Å². The van der Waals surface area contributed by atoms with Crippen LogP contribution >= 0.6 is 23.1 Å². The number of amidine groups is 1. The van der Waals surface area contributed by atoms with Gasteiger partial charge in [-0.15, -0.1) is 23.1 Å². The van der Waals surface area contributed by atoms with Crippen molar-refractivity contribution in [2.75, 3.05) is 13.4 Å². The Labute approximate surface area is 224 Å². The van der Waals surface area contributed by atoms with Crippen molar-refractivity contribution < 1.29 is 41.0 Å². The van der Waals surface area contributed by atoms with Crippen LogP contribution in [-0.2, 0) is 14.6 Å². The molecule has 0 saturated heterocycles.